The monoisotopic (exact) mass is 323 g/mol. The van der Waals surface area contributed by atoms with Gasteiger partial charge in [-0.2, -0.15) is 4.98 Å². The third-order valence-electron chi connectivity index (χ3n) is 2.20. The highest BCUT2D eigenvalue weighted by atomic mass is 79.9. The minimum Gasteiger partial charge on any atom is -0.388 e. The molecule has 96 valence electrons. The second kappa shape index (κ2) is 6.49. The minimum absolute atomic E-state index is 0.159. The van der Waals surface area contributed by atoms with Crippen LogP contribution in [0.1, 0.15) is 13.3 Å². The molecule has 0 aliphatic carbocycles. The van der Waals surface area contributed by atoms with Crippen LogP contribution in [0.25, 0.3) is 0 Å². The molecule has 5 nitrogen and oxygen atoms in total. The Morgan fingerprint density at radius 3 is 3.00 bits per heavy atom. The van der Waals surface area contributed by atoms with Crippen molar-refractivity contribution in [2.75, 3.05) is 25.6 Å². The molecule has 0 aliphatic rings. The Balaban J connectivity index is 2.57. The molecule has 0 amide bonds. The standard InChI is InChI=1S/C10H15BrClN3O2/c1-10(16,3-4-17-2)6-14-8-7(11)5-13-9(12)15-8/h5,16H,3-4,6H2,1-2H3,(H,13,14,15). The van der Waals surface area contributed by atoms with Gasteiger partial charge in [-0.15, -0.1) is 0 Å². The maximum absolute atomic E-state index is 10.0. The summed E-state index contributed by atoms with van der Waals surface area (Å²) in [5.74, 6) is 0.558. The highest BCUT2D eigenvalue weighted by molar-refractivity contribution is 9.10. The molecule has 17 heavy (non-hydrogen) atoms. The average molecular weight is 325 g/mol. The first-order valence-electron chi connectivity index (χ1n) is 5.08. The summed E-state index contributed by atoms with van der Waals surface area (Å²) in [5.41, 5.74) is -0.868. The van der Waals surface area contributed by atoms with Crippen molar-refractivity contribution in [3.05, 3.63) is 16.0 Å². The first-order valence-corrected chi connectivity index (χ1v) is 6.25. The van der Waals surface area contributed by atoms with E-state index in [9.17, 15) is 5.11 Å². The fourth-order valence-electron chi connectivity index (χ4n) is 1.15. The number of aromatic nitrogens is 2. The van der Waals surface area contributed by atoms with Gasteiger partial charge in [-0.25, -0.2) is 4.98 Å². The van der Waals surface area contributed by atoms with Gasteiger partial charge in [0.2, 0.25) is 5.28 Å². The summed E-state index contributed by atoms with van der Waals surface area (Å²) in [5, 5.41) is 13.2. The molecule has 1 aromatic heterocycles. The average Bonchev–Trinajstić information content (AvgIpc) is 2.28. The smallest absolute Gasteiger partial charge is 0.224 e. The number of nitrogens with one attached hydrogen (secondary N) is 1. The first-order chi connectivity index (χ1) is 7.94. The van der Waals surface area contributed by atoms with Gasteiger partial charge in [0, 0.05) is 32.9 Å². The predicted octanol–water partition coefficient (Wildman–Crippen LogP) is 2.09. The molecule has 0 fully saturated rings. The van der Waals surface area contributed by atoms with Gasteiger partial charge < -0.3 is 15.2 Å². The van der Waals surface area contributed by atoms with Crippen molar-refractivity contribution in [3.63, 3.8) is 0 Å². The summed E-state index contributed by atoms with van der Waals surface area (Å²) in [7, 11) is 1.60. The Labute approximate surface area is 114 Å². The van der Waals surface area contributed by atoms with Crippen molar-refractivity contribution in [1.82, 2.24) is 9.97 Å². The zero-order valence-electron chi connectivity index (χ0n) is 9.70. The van der Waals surface area contributed by atoms with Crippen LogP contribution in [0.15, 0.2) is 10.7 Å². The lowest BCUT2D eigenvalue weighted by Gasteiger charge is -2.23. The Kier molecular flexibility index (Phi) is 5.58. The van der Waals surface area contributed by atoms with Crippen LogP contribution in [0.2, 0.25) is 5.28 Å². The highest BCUT2D eigenvalue weighted by Crippen LogP contribution is 2.21. The Morgan fingerprint density at radius 2 is 2.35 bits per heavy atom. The second-order valence-corrected chi connectivity index (χ2v) is 5.12. The van der Waals surface area contributed by atoms with Crippen molar-refractivity contribution in [2.24, 2.45) is 0 Å². The third-order valence-corrected chi connectivity index (χ3v) is 2.96. The zero-order valence-corrected chi connectivity index (χ0v) is 12.0. The van der Waals surface area contributed by atoms with Gasteiger partial charge >= 0.3 is 0 Å². The lowest BCUT2D eigenvalue weighted by Crippen LogP contribution is -2.35. The van der Waals surface area contributed by atoms with Gasteiger partial charge in [0.05, 0.1) is 10.1 Å². The number of methoxy groups -OCH3 is 1. The van der Waals surface area contributed by atoms with Crippen LogP contribution < -0.4 is 5.32 Å². The van der Waals surface area contributed by atoms with Crippen molar-refractivity contribution < 1.29 is 9.84 Å². The fraction of sp³-hybridized carbons (Fsp3) is 0.600. The predicted molar refractivity (Wildman–Crippen MR) is 70.3 cm³/mol. The maximum Gasteiger partial charge on any atom is 0.224 e. The van der Waals surface area contributed by atoms with E-state index in [1.807, 2.05) is 0 Å². The maximum atomic E-state index is 10.0. The van der Waals surface area contributed by atoms with Gasteiger partial charge in [-0.1, -0.05) is 0 Å². The van der Waals surface area contributed by atoms with E-state index in [0.717, 1.165) is 0 Å². The number of halogens is 2. The largest absolute Gasteiger partial charge is 0.388 e. The van der Waals surface area contributed by atoms with E-state index in [1.54, 1.807) is 20.2 Å². The van der Waals surface area contributed by atoms with Crippen molar-refractivity contribution in [3.8, 4) is 0 Å². The summed E-state index contributed by atoms with van der Waals surface area (Å²) in [6.45, 7) is 2.58. The van der Waals surface area contributed by atoms with Gasteiger partial charge in [-0.05, 0) is 34.5 Å². The molecule has 1 rings (SSSR count). The van der Waals surface area contributed by atoms with Crippen molar-refractivity contribution in [1.29, 1.82) is 0 Å². The van der Waals surface area contributed by atoms with Gasteiger partial charge in [0.25, 0.3) is 0 Å². The molecule has 0 saturated carbocycles. The molecule has 2 N–H and O–H groups in total. The van der Waals surface area contributed by atoms with E-state index in [0.29, 0.717) is 29.9 Å². The van der Waals surface area contributed by atoms with E-state index >= 15 is 0 Å². The molecule has 0 saturated heterocycles. The summed E-state index contributed by atoms with van der Waals surface area (Å²) >= 11 is 8.98. The van der Waals surface area contributed by atoms with Crippen LogP contribution in [0.3, 0.4) is 0 Å². The van der Waals surface area contributed by atoms with Crippen LogP contribution in [0.5, 0.6) is 0 Å². The summed E-state index contributed by atoms with van der Waals surface area (Å²) < 4.78 is 5.63. The molecule has 0 aliphatic heterocycles. The second-order valence-electron chi connectivity index (χ2n) is 3.93. The molecule has 0 spiro atoms. The van der Waals surface area contributed by atoms with Crippen molar-refractivity contribution >= 4 is 33.3 Å². The number of hydrogen-bond donors (Lipinski definition) is 2. The molecule has 1 atom stereocenters. The lowest BCUT2D eigenvalue weighted by atomic mass is 10.0. The number of rotatable bonds is 6. The van der Waals surface area contributed by atoms with Gasteiger partial charge in [-0.3, -0.25) is 0 Å². The Morgan fingerprint density at radius 1 is 1.65 bits per heavy atom. The van der Waals surface area contributed by atoms with E-state index < -0.39 is 5.60 Å². The molecule has 7 heteroatoms. The van der Waals surface area contributed by atoms with E-state index in [4.69, 9.17) is 16.3 Å². The summed E-state index contributed by atoms with van der Waals surface area (Å²) in [6.07, 6.45) is 2.09. The molecular formula is C10H15BrClN3O2. The summed E-state index contributed by atoms with van der Waals surface area (Å²) in [6, 6.07) is 0. The van der Waals surface area contributed by atoms with E-state index in [2.05, 4.69) is 31.2 Å². The molecule has 0 aromatic carbocycles. The number of aliphatic hydroxyl groups is 1. The Hall–Kier alpha value is -0.430. The first kappa shape index (κ1) is 14.6. The normalized spacial score (nSPS) is 14.4. The molecule has 0 bridgehead atoms. The van der Waals surface area contributed by atoms with E-state index in [-0.39, 0.29) is 5.28 Å². The summed E-state index contributed by atoms with van der Waals surface area (Å²) in [4.78, 5) is 7.83. The molecule has 1 unspecified atom stereocenters. The zero-order chi connectivity index (χ0) is 12.9. The van der Waals surface area contributed by atoms with Crippen LogP contribution in [-0.4, -0.2) is 40.9 Å². The number of anilines is 1. The minimum atomic E-state index is -0.868. The van der Waals surface area contributed by atoms with Crippen molar-refractivity contribution in [2.45, 2.75) is 18.9 Å². The molecule has 1 aromatic rings. The fourth-order valence-corrected chi connectivity index (χ4v) is 1.62. The number of nitrogens with zero attached hydrogens (tertiary/aromatic N) is 2. The van der Waals surface area contributed by atoms with Gasteiger partial charge in [0.1, 0.15) is 5.82 Å². The molecular weight excluding hydrogens is 309 g/mol. The van der Waals surface area contributed by atoms with Gasteiger partial charge in [0.15, 0.2) is 0 Å². The molecule has 1 heterocycles. The van der Waals surface area contributed by atoms with Crippen LogP contribution >= 0.6 is 27.5 Å². The van der Waals surface area contributed by atoms with Crippen LogP contribution in [-0.2, 0) is 4.74 Å². The lowest BCUT2D eigenvalue weighted by molar-refractivity contribution is 0.0357. The molecule has 0 radical (unpaired) electrons. The van der Waals surface area contributed by atoms with E-state index in [1.165, 1.54) is 0 Å². The number of ether oxygens (including phenoxy) is 1. The number of hydrogen-bond acceptors (Lipinski definition) is 5. The quantitative estimate of drug-likeness (QED) is 0.784. The highest BCUT2D eigenvalue weighted by Gasteiger charge is 2.20. The van der Waals surface area contributed by atoms with Crippen LogP contribution in [0, 0.1) is 0 Å². The van der Waals surface area contributed by atoms with Crippen LogP contribution in [0.4, 0.5) is 5.82 Å². The third kappa shape index (κ3) is 5.16. The SMILES string of the molecule is COCCC(C)(O)CNc1nc(Cl)ncc1Br. The Bertz CT molecular complexity index is 377. The topological polar surface area (TPSA) is 67.3 Å².